The molecule has 0 spiro atoms. The van der Waals surface area contributed by atoms with Crippen molar-refractivity contribution in [2.75, 3.05) is 19.8 Å². The highest BCUT2D eigenvalue weighted by Gasteiger charge is 2.28. The Labute approximate surface area is 148 Å². The van der Waals surface area contributed by atoms with Crippen LogP contribution in [0.3, 0.4) is 0 Å². The van der Waals surface area contributed by atoms with Crippen molar-refractivity contribution in [2.45, 2.75) is 52.0 Å². The van der Waals surface area contributed by atoms with Crippen LogP contribution < -0.4 is 9.47 Å². The molecular formula is C19H27NO5. The second kappa shape index (κ2) is 9.30. The second-order valence-corrected chi connectivity index (χ2v) is 6.11. The SMILES string of the molecule is CCOc1ccc(C(=O)N2CCCC[C@H]2CCC(=O)O)cc1OCC. The van der Waals surface area contributed by atoms with Gasteiger partial charge in [0.1, 0.15) is 0 Å². The van der Waals surface area contributed by atoms with Gasteiger partial charge in [-0.25, -0.2) is 0 Å². The van der Waals surface area contributed by atoms with Crippen molar-refractivity contribution in [1.82, 2.24) is 4.90 Å². The molecule has 1 saturated heterocycles. The fourth-order valence-corrected chi connectivity index (χ4v) is 3.21. The molecule has 0 radical (unpaired) electrons. The summed E-state index contributed by atoms with van der Waals surface area (Å²) in [5.41, 5.74) is 0.550. The van der Waals surface area contributed by atoms with E-state index in [2.05, 4.69) is 0 Å². The molecule has 0 bridgehead atoms. The molecule has 6 nitrogen and oxygen atoms in total. The highest BCUT2D eigenvalue weighted by molar-refractivity contribution is 5.95. The number of rotatable bonds is 8. The molecule has 0 unspecified atom stereocenters. The molecule has 1 aromatic rings. The molecular weight excluding hydrogens is 322 g/mol. The number of carboxylic acid groups (broad SMARTS) is 1. The zero-order valence-corrected chi connectivity index (χ0v) is 15.0. The molecule has 1 aliphatic heterocycles. The molecule has 0 aromatic heterocycles. The molecule has 2 rings (SSSR count). The Morgan fingerprint density at radius 2 is 1.88 bits per heavy atom. The van der Waals surface area contributed by atoms with Crippen molar-refractivity contribution in [2.24, 2.45) is 0 Å². The van der Waals surface area contributed by atoms with Gasteiger partial charge in [0.15, 0.2) is 11.5 Å². The predicted molar refractivity (Wildman–Crippen MR) is 94.3 cm³/mol. The number of carboxylic acids is 1. The Hall–Kier alpha value is -2.24. The van der Waals surface area contributed by atoms with Gasteiger partial charge in [0.2, 0.25) is 0 Å². The van der Waals surface area contributed by atoms with E-state index in [4.69, 9.17) is 14.6 Å². The largest absolute Gasteiger partial charge is 0.490 e. The molecule has 1 heterocycles. The van der Waals surface area contributed by atoms with Crippen molar-refractivity contribution < 1.29 is 24.2 Å². The molecule has 0 saturated carbocycles. The van der Waals surface area contributed by atoms with Crippen molar-refractivity contribution in [1.29, 1.82) is 0 Å². The molecule has 6 heteroatoms. The normalized spacial score (nSPS) is 17.2. The Morgan fingerprint density at radius 3 is 2.56 bits per heavy atom. The van der Waals surface area contributed by atoms with Crippen LogP contribution in [0.25, 0.3) is 0 Å². The van der Waals surface area contributed by atoms with Crippen molar-refractivity contribution >= 4 is 11.9 Å². The maximum absolute atomic E-state index is 13.0. The number of carbonyl (C=O) groups is 2. The van der Waals surface area contributed by atoms with Gasteiger partial charge in [-0.3, -0.25) is 9.59 Å². The molecule has 1 atom stereocenters. The van der Waals surface area contributed by atoms with Crippen LogP contribution in [0, 0.1) is 0 Å². The van der Waals surface area contributed by atoms with Crippen LogP contribution in [0.5, 0.6) is 11.5 Å². The van der Waals surface area contributed by atoms with Gasteiger partial charge in [-0.2, -0.15) is 0 Å². The van der Waals surface area contributed by atoms with Gasteiger partial charge in [-0.1, -0.05) is 0 Å². The monoisotopic (exact) mass is 349 g/mol. The number of hydrogen-bond acceptors (Lipinski definition) is 4. The van der Waals surface area contributed by atoms with Crippen LogP contribution in [0.2, 0.25) is 0 Å². The summed E-state index contributed by atoms with van der Waals surface area (Å²) in [6, 6.07) is 5.22. The highest BCUT2D eigenvalue weighted by Crippen LogP contribution is 2.30. The smallest absolute Gasteiger partial charge is 0.303 e. The van der Waals surface area contributed by atoms with Gasteiger partial charge in [0, 0.05) is 24.6 Å². The lowest BCUT2D eigenvalue weighted by Crippen LogP contribution is -2.44. The van der Waals surface area contributed by atoms with Gasteiger partial charge < -0.3 is 19.5 Å². The summed E-state index contributed by atoms with van der Waals surface area (Å²) in [5.74, 6) is 0.299. The molecule has 0 aliphatic carbocycles. The van der Waals surface area contributed by atoms with Crippen molar-refractivity contribution in [3.63, 3.8) is 0 Å². The average Bonchev–Trinajstić information content (AvgIpc) is 2.61. The first kappa shape index (κ1) is 19.1. The lowest BCUT2D eigenvalue weighted by Gasteiger charge is -2.35. The molecule has 1 aliphatic rings. The maximum Gasteiger partial charge on any atom is 0.303 e. The van der Waals surface area contributed by atoms with Gasteiger partial charge in [-0.15, -0.1) is 0 Å². The zero-order valence-electron chi connectivity index (χ0n) is 15.0. The topological polar surface area (TPSA) is 76.1 Å². The number of ether oxygens (including phenoxy) is 2. The number of piperidine rings is 1. The second-order valence-electron chi connectivity index (χ2n) is 6.11. The summed E-state index contributed by atoms with van der Waals surface area (Å²) in [6.45, 7) is 5.46. The fraction of sp³-hybridized carbons (Fsp3) is 0.579. The van der Waals surface area contributed by atoms with Gasteiger partial charge in [0.05, 0.1) is 13.2 Å². The molecule has 1 amide bonds. The van der Waals surface area contributed by atoms with E-state index < -0.39 is 5.97 Å². The first-order valence-corrected chi connectivity index (χ1v) is 8.99. The summed E-state index contributed by atoms with van der Waals surface area (Å²) in [7, 11) is 0. The van der Waals surface area contributed by atoms with E-state index in [1.807, 2.05) is 18.7 Å². The summed E-state index contributed by atoms with van der Waals surface area (Å²) in [5, 5.41) is 8.93. The van der Waals surface area contributed by atoms with Gasteiger partial charge in [-0.05, 0) is 57.7 Å². The lowest BCUT2D eigenvalue weighted by atomic mass is 9.97. The highest BCUT2D eigenvalue weighted by atomic mass is 16.5. The number of benzene rings is 1. The minimum Gasteiger partial charge on any atom is -0.490 e. The minimum atomic E-state index is -0.822. The van der Waals surface area contributed by atoms with E-state index in [9.17, 15) is 9.59 Å². The van der Waals surface area contributed by atoms with E-state index in [0.717, 1.165) is 19.3 Å². The molecule has 1 N–H and O–H groups in total. The average molecular weight is 349 g/mol. The number of hydrogen-bond donors (Lipinski definition) is 1. The van der Waals surface area contributed by atoms with Crippen LogP contribution in [-0.2, 0) is 4.79 Å². The third-order valence-corrected chi connectivity index (χ3v) is 4.37. The van der Waals surface area contributed by atoms with Crippen LogP contribution >= 0.6 is 0 Å². The Balaban J connectivity index is 2.18. The molecule has 1 aromatic carbocycles. The lowest BCUT2D eigenvalue weighted by molar-refractivity contribution is -0.137. The van der Waals surface area contributed by atoms with Crippen LogP contribution in [0.15, 0.2) is 18.2 Å². The Kier molecular flexibility index (Phi) is 7.10. The standard InChI is InChI=1S/C19H27NO5/c1-3-24-16-10-8-14(13-17(16)25-4-2)19(23)20-12-6-5-7-15(20)9-11-18(21)22/h8,10,13,15H,3-7,9,11-12H2,1-2H3,(H,21,22)/t15-/m0/s1. The summed E-state index contributed by atoms with van der Waals surface area (Å²) < 4.78 is 11.1. The number of carbonyl (C=O) groups excluding carboxylic acids is 1. The zero-order chi connectivity index (χ0) is 18.2. The van der Waals surface area contributed by atoms with E-state index in [-0.39, 0.29) is 18.4 Å². The van der Waals surface area contributed by atoms with Gasteiger partial charge >= 0.3 is 5.97 Å². The third-order valence-electron chi connectivity index (χ3n) is 4.37. The predicted octanol–water partition coefficient (Wildman–Crippen LogP) is 3.34. The number of nitrogens with zero attached hydrogens (tertiary/aromatic N) is 1. The van der Waals surface area contributed by atoms with Crippen molar-refractivity contribution in [3.8, 4) is 11.5 Å². The van der Waals surface area contributed by atoms with Crippen LogP contribution in [0.4, 0.5) is 0 Å². The van der Waals surface area contributed by atoms with E-state index in [0.29, 0.717) is 43.2 Å². The van der Waals surface area contributed by atoms with E-state index in [1.165, 1.54) is 0 Å². The quantitative estimate of drug-likeness (QED) is 0.779. The number of aliphatic carboxylic acids is 1. The van der Waals surface area contributed by atoms with Crippen molar-refractivity contribution in [3.05, 3.63) is 23.8 Å². The minimum absolute atomic E-state index is 0.0144. The first-order chi connectivity index (χ1) is 12.1. The van der Waals surface area contributed by atoms with Crippen LogP contribution in [-0.4, -0.2) is 47.7 Å². The molecule has 1 fully saturated rings. The Bertz CT molecular complexity index is 601. The first-order valence-electron chi connectivity index (χ1n) is 8.99. The third kappa shape index (κ3) is 5.11. The summed E-state index contributed by atoms with van der Waals surface area (Å²) >= 11 is 0. The Morgan fingerprint density at radius 1 is 1.16 bits per heavy atom. The molecule has 25 heavy (non-hydrogen) atoms. The summed E-state index contributed by atoms with van der Waals surface area (Å²) in [4.78, 5) is 25.7. The summed E-state index contributed by atoms with van der Waals surface area (Å²) in [6.07, 6.45) is 3.42. The van der Waals surface area contributed by atoms with Gasteiger partial charge in [0.25, 0.3) is 5.91 Å². The van der Waals surface area contributed by atoms with E-state index >= 15 is 0 Å². The van der Waals surface area contributed by atoms with E-state index in [1.54, 1.807) is 18.2 Å². The molecule has 138 valence electrons. The fourth-order valence-electron chi connectivity index (χ4n) is 3.21. The number of likely N-dealkylation sites (tertiary alicyclic amines) is 1. The van der Waals surface area contributed by atoms with Crippen LogP contribution in [0.1, 0.15) is 56.3 Å². The maximum atomic E-state index is 13.0. The number of amides is 1.